The van der Waals surface area contributed by atoms with Crippen LogP contribution in [0.4, 0.5) is 0 Å². The molecule has 0 rings (SSSR count). The lowest BCUT2D eigenvalue weighted by Crippen LogP contribution is -2.11. The number of hydrogen-bond donors (Lipinski definition) is 1. The molecule has 0 aliphatic heterocycles. The zero-order valence-corrected chi connectivity index (χ0v) is 10.1. The van der Waals surface area contributed by atoms with E-state index in [0.717, 1.165) is 13.2 Å². The Morgan fingerprint density at radius 3 is 1.94 bits per heavy atom. The number of aliphatic carboxylic acids is 1. The van der Waals surface area contributed by atoms with Crippen LogP contribution in [0.3, 0.4) is 0 Å². The average molecular weight is 232 g/mol. The van der Waals surface area contributed by atoms with Crippen molar-refractivity contribution in [2.75, 3.05) is 13.2 Å². The smallest absolute Gasteiger partial charge is 0.372 e. The molecule has 0 aromatic heterocycles. The van der Waals surface area contributed by atoms with Crippen LogP contribution in [-0.4, -0.2) is 36.4 Å². The molecular formula is C11H20O5. The Hall–Kier alpha value is -1.20. The van der Waals surface area contributed by atoms with E-state index in [2.05, 4.69) is 6.58 Å². The number of carbonyl (C=O) groups is 2. The molecule has 0 aliphatic rings. The molecule has 16 heavy (non-hydrogen) atoms. The highest BCUT2D eigenvalue weighted by atomic mass is 16.7. The molecule has 0 radical (unpaired) electrons. The predicted molar refractivity (Wildman–Crippen MR) is 60.2 cm³/mol. The van der Waals surface area contributed by atoms with Gasteiger partial charge in [0.05, 0.1) is 0 Å². The molecule has 0 fully saturated rings. The summed E-state index contributed by atoms with van der Waals surface area (Å²) in [5, 5.41) is 7.92. The molecule has 94 valence electrons. The van der Waals surface area contributed by atoms with Gasteiger partial charge in [0.1, 0.15) is 0 Å². The zero-order chi connectivity index (χ0) is 13.0. The largest absolute Gasteiger partial charge is 0.475 e. The SMILES string of the molecule is C=CCC(=O)C(=O)O.CCOC(C)OCC. The highest BCUT2D eigenvalue weighted by molar-refractivity contribution is 6.32. The summed E-state index contributed by atoms with van der Waals surface area (Å²) in [6.07, 6.45) is 1.14. The van der Waals surface area contributed by atoms with Gasteiger partial charge in [-0.15, -0.1) is 6.58 Å². The third-order valence-electron chi connectivity index (χ3n) is 1.37. The number of carboxylic acids is 1. The summed E-state index contributed by atoms with van der Waals surface area (Å²) >= 11 is 0. The third kappa shape index (κ3) is 12.8. The average Bonchev–Trinajstić information content (AvgIpc) is 2.19. The molecule has 0 aliphatic carbocycles. The topological polar surface area (TPSA) is 72.8 Å². The maximum absolute atomic E-state index is 10.1. The number of hydrogen-bond acceptors (Lipinski definition) is 4. The maximum atomic E-state index is 10.1. The Morgan fingerprint density at radius 1 is 1.31 bits per heavy atom. The summed E-state index contributed by atoms with van der Waals surface area (Å²) in [5.41, 5.74) is 0. The molecular weight excluding hydrogens is 212 g/mol. The Kier molecular flexibility index (Phi) is 12.8. The number of carboxylic acid groups (broad SMARTS) is 1. The van der Waals surface area contributed by atoms with Crippen LogP contribution in [0.25, 0.3) is 0 Å². The van der Waals surface area contributed by atoms with Crippen molar-refractivity contribution >= 4 is 11.8 Å². The van der Waals surface area contributed by atoms with Gasteiger partial charge in [0.25, 0.3) is 0 Å². The molecule has 0 saturated carbocycles. The molecule has 0 saturated heterocycles. The van der Waals surface area contributed by atoms with E-state index in [1.54, 1.807) is 0 Å². The minimum Gasteiger partial charge on any atom is -0.475 e. The van der Waals surface area contributed by atoms with Crippen molar-refractivity contribution in [3.8, 4) is 0 Å². The van der Waals surface area contributed by atoms with Crippen LogP contribution in [0.5, 0.6) is 0 Å². The van der Waals surface area contributed by atoms with Crippen LogP contribution >= 0.6 is 0 Å². The van der Waals surface area contributed by atoms with E-state index in [1.807, 2.05) is 20.8 Å². The molecule has 0 amide bonds. The summed E-state index contributed by atoms with van der Waals surface area (Å²) in [4.78, 5) is 19.8. The maximum Gasteiger partial charge on any atom is 0.372 e. The fourth-order valence-corrected chi connectivity index (χ4v) is 0.736. The Labute approximate surface area is 96.0 Å². The minimum absolute atomic E-state index is 0.0370. The molecule has 1 N–H and O–H groups in total. The molecule has 0 bridgehead atoms. The first-order chi connectivity index (χ1) is 7.49. The lowest BCUT2D eigenvalue weighted by atomic mass is 10.3. The van der Waals surface area contributed by atoms with E-state index in [-0.39, 0.29) is 12.7 Å². The van der Waals surface area contributed by atoms with Gasteiger partial charge in [0.2, 0.25) is 5.78 Å². The van der Waals surface area contributed by atoms with Crippen LogP contribution in [-0.2, 0) is 19.1 Å². The van der Waals surface area contributed by atoms with E-state index in [9.17, 15) is 9.59 Å². The van der Waals surface area contributed by atoms with Gasteiger partial charge < -0.3 is 14.6 Å². The van der Waals surface area contributed by atoms with E-state index in [1.165, 1.54) is 6.08 Å². The van der Waals surface area contributed by atoms with Crippen molar-refractivity contribution in [2.24, 2.45) is 0 Å². The Morgan fingerprint density at radius 2 is 1.75 bits per heavy atom. The van der Waals surface area contributed by atoms with Crippen LogP contribution in [0.2, 0.25) is 0 Å². The third-order valence-corrected chi connectivity index (χ3v) is 1.37. The zero-order valence-electron chi connectivity index (χ0n) is 10.1. The van der Waals surface area contributed by atoms with Crippen LogP contribution < -0.4 is 0 Å². The molecule has 5 nitrogen and oxygen atoms in total. The van der Waals surface area contributed by atoms with Gasteiger partial charge in [-0.1, -0.05) is 6.08 Å². The van der Waals surface area contributed by atoms with Crippen molar-refractivity contribution < 1.29 is 24.2 Å². The van der Waals surface area contributed by atoms with E-state index >= 15 is 0 Å². The summed E-state index contributed by atoms with van der Waals surface area (Å²) in [6, 6.07) is 0. The quantitative estimate of drug-likeness (QED) is 0.410. The van der Waals surface area contributed by atoms with Crippen molar-refractivity contribution in [3.63, 3.8) is 0 Å². The van der Waals surface area contributed by atoms with Crippen molar-refractivity contribution in [2.45, 2.75) is 33.5 Å². The number of rotatable bonds is 7. The highest BCUT2D eigenvalue weighted by Crippen LogP contribution is 1.90. The first-order valence-corrected chi connectivity index (χ1v) is 5.09. The van der Waals surface area contributed by atoms with Gasteiger partial charge in [0.15, 0.2) is 6.29 Å². The second-order valence-electron chi connectivity index (χ2n) is 2.70. The first kappa shape index (κ1) is 17.2. The second-order valence-corrected chi connectivity index (χ2v) is 2.70. The molecule has 0 aromatic carbocycles. The van der Waals surface area contributed by atoms with Gasteiger partial charge in [-0.2, -0.15) is 0 Å². The number of carbonyl (C=O) groups excluding carboxylic acids is 1. The van der Waals surface area contributed by atoms with Gasteiger partial charge in [0, 0.05) is 19.6 Å². The molecule has 0 spiro atoms. The Bertz CT molecular complexity index is 206. The van der Waals surface area contributed by atoms with Gasteiger partial charge in [-0.05, 0) is 20.8 Å². The lowest BCUT2D eigenvalue weighted by molar-refractivity contribution is -0.148. The number of ether oxygens (including phenoxy) is 2. The summed E-state index contributed by atoms with van der Waals surface area (Å²) in [6.45, 7) is 10.4. The fourth-order valence-electron chi connectivity index (χ4n) is 0.736. The summed E-state index contributed by atoms with van der Waals surface area (Å²) in [5.74, 6) is -2.22. The van der Waals surface area contributed by atoms with Crippen LogP contribution in [0.1, 0.15) is 27.2 Å². The number of ketones is 1. The van der Waals surface area contributed by atoms with Crippen molar-refractivity contribution in [1.29, 1.82) is 0 Å². The summed E-state index contributed by atoms with van der Waals surface area (Å²) in [7, 11) is 0. The van der Waals surface area contributed by atoms with E-state index in [4.69, 9.17) is 14.6 Å². The highest BCUT2D eigenvalue weighted by Gasteiger charge is 2.06. The Balaban J connectivity index is 0. The van der Waals surface area contributed by atoms with Gasteiger partial charge in [-0.3, -0.25) is 4.79 Å². The van der Waals surface area contributed by atoms with Gasteiger partial charge >= 0.3 is 5.97 Å². The second kappa shape index (κ2) is 11.9. The monoisotopic (exact) mass is 232 g/mol. The summed E-state index contributed by atoms with van der Waals surface area (Å²) < 4.78 is 10.1. The van der Waals surface area contributed by atoms with E-state index < -0.39 is 11.8 Å². The molecule has 5 heteroatoms. The van der Waals surface area contributed by atoms with Crippen LogP contribution in [0.15, 0.2) is 12.7 Å². The predicted octanol–water partition coefficient (Wildman–Crippen LogP) is 1.62. The molecule has 0 atom stereocenters. The standard InChI is InChI=1S/C6H14O2.C5H6O3/c1-4-7-6(3)8-5-2;1-2-3-4(6)5(7)8/h6H,4-5H2,1-3H3;2H,1,3H2,(H,7,8). The van der Waals surface area contributed by atoms with Crippen LogP contribution in [0, 0.1) is 0 Å². The number of Topliss-reactive ketones (excluding diaryl/α,β-unsaturated/α-hetero) is 1. The molecule has 0 heterocycles. The number of allylic oxidation sites excluding steroid dienone is 1. The molecule has 0 aromatic rings. The first-order valence-electron chi connectivity index (χ1n) is 5.09. The fraction of sp³-hybridized carbons (Fsp3) is 0.636. The van der Waals surface area contributed by atoms with Gasteiger partial charge in [-0.25, -0.2) is 4.79 Å². The normalized spacial score (nSPS) is 9.25. The molecule has 0 unspecified atom stereocenters. The van der Waals surface area contributed by atoms with Crippen molar-refractivity contribution in [3.05, 3.63) is 12.7 Å². The minimum atomic E-state index is -1.40. The van der Waals surface area contributed by atoms with E-state index in [0.29, 0.717) is 0 Å². The lowest BCUT2D eigenvalue weighted by Gasteiger charge is -2.09. The van der Waals surface area contributed by atoms with Crippen molar-refractivity contribution in [1.82, 2.24) is 0 Å².